The standard InChI is InChI=1S/C21H29N3O4/c1-16-7-11-23(12-8-16)19(25)15-28-20(26)17-9-13-24(14-10-17)21(27)22-18-5-3-2-4-6-18/h2-6,16-17H,7-15H2,1H3,(H,22,27). The van der Waals surface area contributed by atoms with Gasteiger partial charge in [-0.3, -0.25) is 9.59 Å². The summed E-state index contributed by atoms with van der Waals surface area (Å²) in [5.41, 5.74) is 0.750. The molecule has 152 valence electrons. The molecule has 2 saturated heterocycles. The Morgan fingerprint density at radius 2 is 1.57 bits per heavy atom. The van der Waals surface area contributed by atoms with Crippen LogP contribution in [0.4, 0.5) is 10.5 Å². The fourth-order valence-corrected chi connectivity index (χ4v) is 3.64. The summed E-state index contributed by atoms with van der Waals surface area (Å²) in [6.07, 6.45) is 3.11. The van der Waals surface area contributed by atoms with Crippen LogP contribution in [0.5, 0.6) is 0 Å². The highest BCUT2D eigenvalue weighted by molar-refractivity contribution is 5.89. The van der Waals surface area contributed by atoms with Gasteiger partial charge < -0.3 is 19.9 Å². The molecular formula is C21H29N3O4. The summed E-state index contributed by atoms with van der Waals surface area (Å²) in [5, 5.41) is 2.86. The van der Waals surface area contributed by atoms with Gasteiger partial charge in [0.25, 0.3) is 5.91 Å². The van der Waals surface area contributed by atoms with Gasteiger partial charge in [-0.25, -0.2) is 4.79 Å². The lowest BCUT2D eigenvalue weighted by atomic mass is 9.97. The van der Waals surface area contributed by atoms with E-state index >= 15 is 0 Å². The van der Waals surface area contributed by atoms with Crippen LogP contribution in [-0.4, -0.2) is 60.5 Å². The minimum Gasteiger partial charge on any atom is -0.455 e. The Kier molecular flexibility index (Phi) is 6.90. The summed E-state index contributed by atoms with van der Waals surface area (Å²) in [7, 11) is 0. The second-order valence-electron chi connectivity index (χ2n) is 7.73. The van der Waals surface area contributed by atoms with E-state index in [0.29, 0.717) is 31.8 Å². The molecule has 0 aliphatic carbocycles. The van der Waals surface area contributed by atoms with E-state index in [1.54, 1.807) is 9.80 Å². The van der Waals surface area contributed by atoms with Crippen LogP contribution >= 0.6 is 0 Å². The molecule has 0 bridgehead atoms. The molecule has 3 amide bonds. The SMILES string of the molecule is CC1CCN(C(=O)COC(=O)C2CCN(C(=O)Nc3ccccc3)CC2)CC1. The van der Waals surface area contributed by atoms with Gasteiger partial charge in [0.15, 0.2) is 6.61 Å². The van der Waals surface area contributed by atoms with Crippen LogP contribution in [0.3, 0.4) is 0 Å². The molecule has 0 saturated carbocycles. The van der Waals surface area contributed by atoms with Crippen molar-refractivity contribution in [3.8, 4) is 0 Å². The zero-order chi connectivity index (χ0) is 19.9. The predicted molar refractivity (Wildman–Crippen MR) is 106 cm³/mol. The van der Waals surface area contributed by atoms with Gasteiger partial charge in [-0.15, -0.1) is 0 Å². The Hall–Kier alpha value is -2.57. The average molecular weight is 387 g/mol. The number of likely N-dealkylation sites (tertiary alicyclic amines) is 2. The lowest BCUT2D eigenvalue weighted by Gasteiger charge is -2.32. The van der Waals surface area contributed by atoms with Crippen LogP contribution in [0.1, 0.15) is 32.6 Å². The van der Waals surface area contributed by atoms with Crippen molar-refractivity contribution in [2.24, 2.45) is 11.8 Å². The molecule has 3 rings (SSSR count). The van der Waals surface area contributed by atoms with Gasteiger partial charge in [0.1, 0.15) is 0 Å². The highest BCUT2D eigenvalue weighted by atomic mass is 16.5. The van der Waals surface area contributed by atoms with E-state index in [4.69, 9.17) is 4.74 Å². The van der Waals surface area contributed by atoms with Crippen LogP contribution in [0.2, 0.25) is 0 Å². The molecule has 2 aliphatic rings. The molecule has 7 heteroatoms. The van der Waals surface area contributed by atoms with Crippen LogP contribution in [0, 0.1) is 11.8 Å². The third-order valence-electron chi connectivity index (χ3n) is 5.61. The average Bonchev–Trinajstić information content (AvgIpc) is 2.73. The number of ether oxygens (including phenoxy) is 1. The third-order valence-corrected chi connectivity index (χ3v) is 5.61. The molecule has 0 aromatic heterocycles. The van der Waals surface area contributed by atoms with Crippen LogP contribution in [-0.2, 0) is 14.3 Å². The number of esters is 1. The van der Waals surface area contributed by atoms with Gasteiger partial charge in [0.05, 0.1) is 5.92 Å². The number of carbonyl (C=O) groups excluding carboxylic acids is 3. The minimum atomic E-state index is -0.332. The Morgan fingerprint density at radius 1 is 0.964 bits per heavy atom. The highest BCUT2D eigenvalue weighted by Crippen LogP contribution is 2.20. The number of amides is 3. The van der Waals surface area contributed by atoms with E-state index < -0.39 is 0 Å². The van der Waals surface area contributed by atoms with E-state index in [2.05, 4.69) is 12.2 Å². The molecule has 0 spiro atoms. The molecule has 28 heavy (non-hydrogen) atoms. The number of hydrogen-bond acceptors (Lipinski definition) is 4. The number of carbonyl (C=O) groups is 3. The number of anilines is 1. The summed E-state index contributed by atoms with van der Waals surface area (Å²) in [5.74, 6) is -0.0485. The fourth-order valence-electron chi connectivity index (χ4n) is 3.64. The Morgan fingerprint density at radius 3 is 2.21 bits per heavy atom. The molecule has 2 aliphatic heterocycles. The zero-order valence-electron chi connectivity index (χ0n) is 16.4. The highest BCUT2D eigenvalue weighted by Gasteiger charge is 2.29. The van der Waals surface area contributed by atoms with E-state index in [1.807, 2.05) is 30.3 Å². The van der Waals surface area contributed by atoms with Crippen molar-refractivity contribution >= 4 is 23.6 Å². The maximum absolute atomic E-state index is 12.3. The predicted octanol–water partition coefficient (Wildman–Crippen LogP) is 2.73. The molecule has 2 fully saturated rings. The van der Waals surface area contributed by atoms with Crippen molar-refractivity contribution < 1.29 is 19.1 Å². The zero-order valence-corrected chi connectivity index (χ0v) is 16.4. The minimum absolute atomic E-state index is 0.111. The van der Waals surface area contributed by atoms with E-state index in [1.165, 1.54) is 0 Å². The van der Waals surface area contributed by atoms with Crippen molar-refractivity contribution in [2.45, 2.75) is 32.6 Å². The molecule has 0 atom stereocenters. The number of hydrogen-bond donors (Lipinski definition) is 1. The lowest BCUT2D eigenvalue weighted by Crippen LogP contribution is -2.43. The third kappa shape index (κ3) is 5.47. The van der Waals surface area contributed by atoms with E-state index in [9.17, 15) is 14.4 Å². The Bertz CT molecular complexity index is 678. The quantitative estimate of drug-likeness (QED) is 0.806. The van der Waals surface area contributed by atoms with Crippen molar-refractivity contribution in [3.05, 3.63) is 30.3 Å². The molecule has 1 aromatic rings. The topological polar surface area (TPSA) is 79.0 Å². The first-order valence-electron chi connectivity index (χ1n) is 10.1. The number of piperidine rings is 2. The van der Waals surface area contributed by atoms with Gasteiger partial charge in [-0.2, -0.15) is 0 Å². The van der Waals surface area contributed by atoms with Crippen molar-refractivity contribution in [2.75, 3.05) is 38.1 Å². The number of para-hydroxylation sites is 1. The lowest BCUT2D eigenvalue weighted by molar-refractivity contribution is -0.157. The van der Waals surface area contributed by atoms with Crippen molar-refractivity contribution in [3.63, 3.8) is 0 Å². The fraction of sp³-hybridized carbons (Fsp3) is 0.571. The second kappa shape index (κ2) is 9.57. The summed E-state index contributed by atoms with van der Waals surface area (Å²) in [4.78, 5) is 40.3. The van der Waals surface area contributed by atoms with Gasteiger partial charge in [0, 0.05) is 31.9 Å². The first kappa shape index (κ1) is 20.2. The first-order chi connectivity index (χ1) is 13.5. The number of urea groups is 1. The molecule has 1 aromatic carbocycles. The number of rotatable bonds is 4. The van der Waals surface area contributed by atoms with Gasteiger partial charge in [0.2, 0.25) is 0 Å². The van der Waals surface area contributed by atoms with Crippen molar-refractivity contribution in [1.29, 1.82) is 0 Å². The normalized spacial score (nSPS) is 18.6. The first-order valence-corrected chi connectivity index (χ1v) is 10.1. The summed E-state index contributed by atoms with van der Waals surface area (Å²) >= 11 is 0. The largest absolute Gasteiger partial charge is 0.455 e. The Labute approximate surface area is 166 Å². The number of nitrogens with zero attached hydrogens (tertiary/aromatic N) is 2. The van der Waals surface area contributed by atoms with Crippen LogP contribution in [0.15, 0.2) is 30.3 Å². The summed E-state index contributed by atoms with van der Waals surface area (Å²) in [6.45, 7) is 4.49. The van der Waals surface area contributed by atoms with Gasteiger partial charge >= 0.3 is 12.0 Å². The monoisotopic (exact) mass is 387 g/mol. The Balaban J connectivity index is 1.37. The van der Waals surface area contributed by atoms with Crippen molar-refractivity contribution in [1.82, 2.24) is 9.80 Å². The van der Waals surface area contributed by atoms with Gasteiger partial charge in [-0.1, -0.05) is 25.1 Å². The van der Waals surface area contributed by atoms with E-state index in [-0.39, 0.29) is 30.4 Å². The molecule has 0 radical (unpaired) electrons. The van der Waals surface area contributed by atoms with Crippen LogP contribution in [0.25, 0.3) is 0 Å². The summed E-state index contributed by atoms with van der Waals surface area (Å²) in [6, 6.07) is 9.13. The molecule has 1 N–H and O–H groups in total. The second-order valence-corrected chi connectivity index (χ2v) is 7.73. The van der Waals surface area contributed by atoms with Gasteiger partial charge in [-0.05, 0) is 43.7 Å². The smallest absolute Gasteiger partial charge is 0.321 e. The maximum Gasteiger partial charge on any atom is 0.321 e. The summed E-state index contributed by atoms with van der Waals surface area (Å²) < 4.78 is 5.27. The molecule has 7 nitrogen and oxygen atoms in total. The number of nitrogens with one attached hydrogen (secondary N) is 1. The van der Waals surface area contributed by atoms with E-state index in [0.717, 1.165) is 31.6 Å². The molecule has 0 unspecified atom stereocenters. The van der Waals surface area contributed by atoms with Crippen LogP contribution < -0.4 is 5.32 Å². The maximum atomic E-state index is 12.3. The number of benzene rings is 1. The molecule has 2 heterocycles. The molecular weight excluding hydrogens is 358 g/mol.